The number of halogens is 3. The predicted octanol–water partition coefficient (Wildman–Crippen LogP) is 3.49. The summed E-state index contributed by atoms with van der Waals surface area (Å²) in [4.78, 5) is 16.2. The Bertz CT molecular complexity index is 1260. The van der Waals surface area contributed by atoms with Gasteiger partial charge in [0.05, 0.1) is 29.6 Å². The van der Waals surface area contributed by atoms with Crippen LogP contribution < -0.4 is 5.32 Å². The van der Waals surface area contributed by atoms with Gasteiger partial charge >= 0.3 is 6.18 Å². The molecular formula is C22H17F3N6O2. The van der Waals surface area contributed by atoms with E-state index in [-0.39, 0.29) is 24.2 Å². The normalized spacial score (nSPS) is 12.9. The lowest BCUT2D eigenvalue weighted by Crippen LogP contribution is -2.46. The Kier molecular flexibility index (Phi) is 6.47. The molecule has 0 bridgehead atoms. The second-order valence-electron chi connectivity index (χ2n) is 7.14. The monoisotopic (exact) mass is 454 g/mol. The quantitative estimate of drug-likeness (QED) is 0.587. The van der Waals surface area contributed by atoms with Crippen LogP contribution in [-0.2, 0) is 17.5 Å². The lowest BCUT2D eigenvalue weighted by atomic mass is 9.99. The number of alkyl halides is 3. The van der Waals surface area contributed by atoms with Crippen molar-refractivity contribution in [3.8, 4) is 23.4 Å². The number of aromatic nitrogens is 3. The number of benzene rings is 1. The summed E-state index contributed by atoms with van der Waals surface area (Å²) in [5, 5.41) is 35.7. The van der Waals surface area contributed by atoms with Crippen molar-refractivity contribution in [3.05, 3.63) is 65.6 Å². The van der Waals surface area contributed by atoms with Crippen LogP contribution >= 0.6 is 0 Å². The van der Waals surface area contributed by atoms with E-state index >= 15 is 0 Å². The van der Waals surface area contributed by atoms with Crippen LogP contribution in [0, 0.1) is 22.7 Å². The fourth-order valence-electron chi connectivity index (χ4n) is 3.09. The zero-order valence-electron chi connectivity index (χ0n) is 17.3. The summed E-state index contributed by atoms with van der Waals surface area (Å²) in [6, 6.07) is 12.8. The molecule has 3 aromatic rings. The maximum absolute atomic E-state index is 13.2. The Morgan fingerprint density at radius 1 is 1.21 bits per heavy atom. The summed E-state index contributed by atoms with van der Waals surface area (Å²) in [7, 11) is 0. The highest BCUT2D eigenvalue weighted by Crippen LogP contribution is 2.33. The number of rotatable bonds is 6. The van der Waals surface area contributed by atoms with Gasteiger partial charge in [-0.25, -0.2) is 4.98 Å². The molecule has 168 valence electrons. The molecule has 3 rings (SSSR count). The van der Waals surface area contributed by atoms with Gasteiger partial charge in [0.25, 0.3) is 5.91 Å². The predicted molar refractivity (Wildman–Crippen MR) is 110 cm³/mol. The fraction of sp³-hybridized carbons (Fsp3) is 0.227. The van der Waals surface area contributed by atoms with Gasteiger partial charge in [0, 0.05) is 11.8 Å². The molecule has 1 aromatic carbocycles. The highest BCUT2D eigenvalue weighted by molar-refractivity contribution is 5.97. The topological polar surface area (TPSA) is 128 Å². The van der Waals surface area contributed by atoms with Crippen LogP contribution in [0.3, 0.4) is 0 Å². The SMILES string of the molecule is CC[C@](O)(Cn1cc(C#N)c(-c2ccccc2)n1)C(=O)Nc1cnc(C#N)c(C(F)(F)F)c1. The number of nitrogens with one attached hydrogen (secondary N) is 1. The minimum absolute atomic E-state index is 0.100. The van der Waals surface area contributed by atoms with Gasteiger partial charge in [0.15, 0.2) is 11.3 Å². The number of nitrogens with zero attached hydrogens (tertiary/aromatic N) is 5. The van der Waals surface area contributed by atoms with Gasteiger partial charge in [-0.05, 0) is 12.5 Å². The molecule has 1 atom stereocenters. The van der Waals surface area contributed by atoms with E-state index in [9.17, 15) is 28.3 Å². The average molecular weight is 454 g/mol. The van der Waals surface area contributed by atoms with Gasteiger partial charge in [0.2, 0.25) is 0 Å². The van der Waals surface area contributed by atoms with Crippen LogP contribution in [-0.4, -0.2) is 31.4 Å². The second kappa shape index (κ2) is 9.10. The summed E-state index contributed by atoms with van der Waals surface area (Å²) in [5.41, 5.74) is -3.27. The summed E-state index contributed by atoms with van der Waals surface area (Å²) < 4.78 is 40.7. The van der Waals surface area contributed by atoms with Gasteiger partial charge in [0.1, 0.15) is 17.8 Å². The van der Waals surface area contributed by atoms with E-state index in [1.54, 1.807) is 30.3 Å². The van der Waals surface area contributed by atoms with Crippen LogP contribution in [0.4, 0.5) is 18.9 Å². The number of nitriles is 2. The Morgan fingerprint density at radius 3 is 2.48 bits per heavy atom. The van der Waals surface area contributed by atoms with Crippen LogP contribution in [0.1, 0.15) is 30.2 Å². The van der Waals surface area contributed by atoms with Crippen LogP contribution in [0.5, 0.6) is 0 Å². The Hall–Kier alpha value is -4.22. The first kappa shape index (κ1) is 23.4. The molecule has 0 saturated heterocycles. The highest BCUT2D eigenvalue weighted by atomic mass is 19.4. The highest BCUT2D eigenvalue weighted by Gasteiger charge is 2.37. The molecule has 8 nitrogen and oxygen atoms in total. The van der Waals surface area contributed by atoms with Gasteiger partial charge in [-0.3, -0.25) is 9.48 Å². The number of aliphatic hydroxyl groups is 1. The van der Waals surface area contributed by atoms with E-state index in [1.165, 1.54) is 23.9 Å². The van der Waals surface area contributed by atoms with Crippen LogP contribution in [0.25, 0.3) is 11.3 Å². The van der Waals surface area contributed by atoms with Gasteiger partial charge < -0.3 is 10.4 Å². The largest absolute Gasteiger partial charge is 0.419 e. The number of hydrogen-bond donors (Lipinski definition) is 2. The maximum atomic E-state index is 13.2. The number of amides is 1. The first-order valence-corrected chi connectivity index (χ1v) is 9.65. The molecule has 0 aliphatic rings. The maximum Gasteiger partial charge on any atom is 0.419 e. The summed E-state index contributed by atoms with van der Waals surface area (Å²) >= 11 is 0. The lowest BCUT2D eigenvalue weighted by molar-refractivity contribution is -0.138. The molecule has 33 heavy (non-hydrogen) atoms. The first-order valence-electron chi connectivity index (χ1n) is 9.65. The lowest BCUT2D eigenvalue weighted by Gasteiger charge is -2.25. The Balaban J connectivity index is 1.87. The molecule has 0 radical (unpaired) electrons. The van der Waals surface area contributed by atoms with Crippen molar-refractivity contribution in [1.82, 2.24) is 14.8 Å². The molecule has 2 heterocycles. The third-order valence-corrected chi connectivity index (χ3v) is 4.92. The van der Waals surface area contributed by atoms with Crippen molar-refractivity contribution in [2.45, 2.75) is 31.7 Å². The van der Waals surface area contributed by atoms with Crippen molar-refractivity contribution in [2.75, 3.05) is 5.32 Å². The zero-order valence-corrected chi connectivity index (χ0v) is 17.3. The fourth-order valence-corrected chi connectivity index (χ4v) is 3.09. The molecule has 0 saturated carbocycles. The summed E-state index contributed by atoms with van der Waals surface area (Å²) in [5.74, 6) is -0.986. The van der Waals surface area contributed by atoms with Crippen molar-refractivity contribution in [2.24, 2.45) is 0 Å². The van der Waals surface area contributed by atoms with Crippen molar-refractivity contribution in [1.29, 1.82) is 10.5 Å². The molecule has 0 spiro atoms. The van der Waals surface area contributed by atoms with Crippen LogP contribution in [0.15, 0.2) is 48.8 Å². The summed E-state index contributed by atoms with van der Waals surface area (Å²) in [6.45, 7) is 1.16. The number of pyridine rings is 1. The smallest absolute Gasteiger partial charge is 0.378 e. The zero-order chi connectivity index (χ0) is 24.2. The minimum atomic E-state index is -4.85. The number of carbonyl (C=O) groups is 1. The number of carbonyl (C=O) groups excluding carboxylic acids is 1. The third-order valence-electron chi connectivity index (χ3n) is 4.92. The molecule has 11 heteroatoms. The van der Waals surface area contributed by atoms with Crippen molar-refractivity contribution in [3.63, 3.8) is 0 Å². The molecule has 0 aliphatic heterocycles. The van der Waals surface area contributed by atoms with E-state index in [4.69, 9.17) is 5.26 Å². The van der Waals surface area contributed by atoms with E-state index < -0.39 is 28.9 Å². The van der Waals surface area contributed by atoms with Crippen molar-refractivity contribution >= 4 is 11.6 Å². The van der Waals surface area contributed by atoms with E-state index in [0.29, 0.717) is 17.3 Å². The molecular weight excluding hydrogens is 437 g/mol. The van der Waals surface area contributed by atoms with Gasteiger partial charge in [-0.15, -0.1) is 0 Å². The van der Waals surface area contributed by atoms with E-state index in [0.717, 1.165) is 6.20 Å². The average Bonchev–Trinajstić information content (AvgIpc) is 3.21. The standard InChI is InChI=1S/C22H17F3N6O2/c1-2-21(33,13-31-12-15(9-26)19(30-31)14-6-4-3-5-7-14)20(32)29-16-8-17(22(23,24)25)18(10-27)28-11-16/h3-8,11-12,33H,2,13H2,1H3,(H,29,32)/t21-/m0/s1. The minimum Gasteiger partial charge on any atom is -0.378 e. The molecule has 1 amide bonds. The molecule has 2 aromatic heterocycles. The van der Waals surface area contributed by atoms with Gasteiger partial charge in [-0.2, -0.15) is 28.8 Å². The first-order chi connectivity index (χ1) is 15.6. The van der Waals surface area contributed by atoms with E-state index in [2.05, 4.69) is 15.4 Å². The Morgan fingerprint density at radius 2 is 1.91 bits per heavy atom. The van der Waals surface area contributed by atoms with E-state index in [1.807, 2.05) is 6.07 Å². The van der Waals surface area contributed by atoms with Gasteiger partial charge in [-0.1, -0.05) is 37.3 Å². The number of hydrogen-bond acceptors (Lipinski definition) is 6. The molecule has 0 unspecified atom stereocenters. The van der Waals surface area contributed by atoms with Crippen molar-refractivity contribution < 1.29 is 23.1 Å². The second-order valence-corrected chi connectivity index (χ2v) is 7.14. The summed E-state index contributed by atoms with van der Waals surface area (Å²) in [6.07, 6.45) is -2.67. The van der Waals surface area contributed by atoms with Crippen LogP contribution in [0.2, 0.25) is 0 Å². The molecule has 0 aliphatic carbocycles. The third kappa shape index (κ3) is 5.00. The molecule has 0 fully saturated rings. The number of anilines is 1. The molecule has 2 N–H and O–H groups in total. The Labute approximate surface area is 186 Å².